The number of hydrogen-bond donors (Lipinski definition) is 0. The third-order valence-electron chi connectivity index (χ3n) is 27.3. The van der Waals surface area contributed by atoms with Crippen molar-refractivity contribution >= 4 is 214 Å². The second-order valence-corrected chi connectivity index (χ2v) is 34.9. The highest BCUT2D eigenvalue weighted by Crippen LogP contribution is 2.51. The van der Waals surface area contributed by atoms with Crippen LogP contribution in [0.4, 0.5) is 51.2 Å². The molecule has 0 fully saturated rings. The molecular weight excluding hydrogens is 1620 g/mol. The van der Waals surface area contributed by atoms with Crippen LogP contribution in [0.25, 0.3) is 207 Å². The molecule has 6 nitrogen and oxygen atoms in total. The lowest BCUT2D eigenvalue weighted by Crippen LogP contribution is -2.10. The van der Waals surface area contributed by atoms with Gasteiger partial charge in [0.15, 0.2) is 0 Å². The summed E-state index contributed by atoms with van der Waals surface area (Å²) in [5.41, 5.74) is 26.0. The van der Waals surface area contributed by atoms with E-state index in [0.717, 1.165) is 139 Å². The molecule has 3 aromatic heterocycles. The fourth-order valence-electron chi connectivity index (χ4n) is 21.1. The summed E-state index contributed by atoms with van der Waals surface area (Å²) in [6, 6.07) is 170. The first-order chi connectivity index (χ1) is 65.9. The second-order valence-electron chi connectivity index (χ2n) is 34.9. The molecule has 28 aromatic rings. The first-order valence-corrected chi connectivity index (χ1v) is 45.6. The van der Waals surface area contributed by atoms with E-state index in [2.05, 4.69) is 458 Å². The summed E-state index contributed by atoms with van der Waals surface area (Å²) in [4.78, 5) is 7.16. The van der Waals surface area contributed by atoms with Gasteiger partial charge in [-0.05, 0) is 230 Å². The minimum absolute atomic E-state index is 0.913. The molecular formula is C127H81N3O3. The molecule has 622 valence electrons. The highest BCUT2D eigenvalue weighted by molar-refractivity contribution is 6.29. The number of rotatable bonds is 13. The maximum Gasteiger partial charge on any atom is 0.143 e. The minimum atomic E-state index is 0.913. The van der Waals surface area contributed by atoms with Gasteiger partial charge < -0.3 is 28.0 Å². The number of fused-ring (bicyclic) bond motifs is 9. The van der Waals surface area contributed by atoms with Gasteiger partial charge in [0, 0.05) is 99.3 Å². The second kappa shape index (κ2) is 31.4. The SMILES string of the molecule is Cc1cccc(N(c2ccc(-c3cccc4c3oc3ccccc34)cc2)c2ccc3ccc4cccc5ccc2c3c45)c1.c1ccc(-c2ccc(N(c3ccc(-c4cccc5c4oc4ccccc45)cc3)c3ccc4ccc5cccc6ccc3c4c56)cc2)cc1.c1ccc(N(c2ccc(-c3cccc4c3oc3ccccc34)cc2)c2ccc3ccc4cccc5ccc2c3c45)cc1. The van der Waals surface area contributed by atoms with E-state index in [9.17, 15) is 0 Å². The molecule has 0 aliphatic heterocycles. The Bertz CT molecular complexity index is 9290. The van der Waals surface area contributed by atoms with Crippen molar-refractivity contribution in [2.24, 2.45) is 0 Å². The Balaban J connectivity index is 0.000000105. The van der Waals surface area contributed by atoms with Crippen LogP contribution in [0, 0.1) is 6.92 Å². The van der Waals surface area contributed by atoms with Crippen molar-refractivity contribution in [3.05, 3.63) is 479 Å². The van der Waals surface area contributed by atoms with Gasteiger partial charge in [0.05, 0.1) is 17.1 Å². The third kappa shape index (κ3) is 12.9. The molecule has 0 spiro atoms. The molecule has 3 heterocycles. The molecule has 0 saturated carbocycles. The van der Waals surface area contributed by atoms with Gasteiger partial charge in [-0.3, -0.25) is 0 Å². The van der Waals surface area contributed by atoms with Crippen LogP contribution in [0.2, 0.25) is 0 Å². The van der Waals surface area contributed by atoms with E-state index < -0.39 is 0 Å². The number of hydrogen-bond acceptors (Lipinski definition) is 6. The Morgan fingerprint density at radius 2 is 0.406 bits per heavy atom. The van der Waals surface area contributed by atoms with E-state index in [1.165, 1.54) is 125 Å². The molecule has 0 N–H and O–H groups in total. The molecule has 0 atom stereocenters. The van der Waals surface area contributed by atoms with E-state index in [0.29, 0.717) is 0 Å². The predicted molar refractivity (Wildman–Crippen MR) is 563 cm³/mol. The third-order valence-corrected chi connectivity index (χ3v) is 27.3. The number of anilines is 9. The summed E-state index contributed by atoms with van der Waals surface area (Å²) in [6.45, 7) is 2.16. The summed E-state index contributed by atoms with van der Waals surface area (Å²) in [6.07, 6.45) is 0. The van der Waals surface area contributed by atoms with Gasteiger partial charge in [-0.25, -0.2) is 0 Å². The smallest absolute Gasteiger partial charge is 0.143 e. The lowest BCUT2D eigenvalue weighted by Gasteiger charge is -2.28. The molecule has 6 heteroatoms. The molecule has 0 bridgehead atoms. The zero-order valence-corrected chi connectivity index (χ0v) is 72.6. The molecule has 133 heavy (non-hydrogen) atoms. The Hall–Kier alpha value is -17.6. The zero-order chi connectivity index (χ0) is 87.7. The van der Waals surface area contributed by atoms with Crippen LogP contribution < -0.4 is 14.7 Å². The van der Waals surface area contributed by atoms with Crippen LogP contribution in [0.15, 0.2) is 486 Å². The van der Waals surface area contributed by atoms with Crippen molar-refractivity contribution in [3.8, 4) is 44.5 Å². The van der Waals surface area contributed by atoms with Gasteiger partial charge in [0.2, 0.25) is 0 Å². The first kappa shape index (κ1) is 76.6. The molecule has 25 aromatic carbocycles. The number of benzene rings is 25. The largest absolute Gasteiger partial charge is 0.455 e. The monoisotopic (exact) mass is 1700 g/mol. The van der Waals surface area contributed by atoms with Crippen LogP contribution in [0.5, 0.6) is 0 Å². The topological polar surface area (TPSA) is 49.1 Å². The molecule has 0 aliphatic carbocycles. The number of aryl methyl sites for hydroxylation is 1. The summed E-state index contributed by atoms with van der Waals surface area (Å²) in [7, 11) is 0. The van der Waals surface area contributed by atoms with E-state index in [1.807, 2.05) is 36.4 Å². The zero-order valence-electron chi connectivity index (χ0n) is 72.6. The Labute approximate surface area is 766 Å². The average Bonchev–Trinajstić information content (AvgIpc) is 1.54. The maximum absolute atomic E-state index is 6.40. The van der Waals surface area contributed by atoms with Crippen LogP contribution in [0.3, 0.4) is 0 Å². The molecule has 0 aliphatic rings. The van der Waals surface area contributed by atoms with E-state index >= 15 is 0 Å². The lowest BCUT2D eigenvalue weighted by molar-refractivity contribution is 0.669. The highest BCUT2D eigenvalue weighted by atomic mass is 16.3. The number of furan rings is 3. The fraction of sp³-hybridized carbons (Fsp3) is 0.00787. The van der Waals surface area contributed by atoms with Gasteiger partial charge >= 0.3 is 0 Å². The molecule has 0 unspecified atom stereocenters. The van der Waals surface area contributed by atoms with E-state index in [-0.39, 0.29) is 0 Å². The minimum Gasteiger partial charge on any atom is -0.455 e. The van der Waals surface area contributed by atoms with Crippen molar-refractivity contribution in [3.63, 3.8) is 0 Å². The van der Waals surface area contributed by atoms with Crippen LogP contribution in [-0.4, -0.2) is 0 Å². The normalized spacial score (nSPS) is 11.8. The fourth-order valence-corrected chi connectivity index (χ4v) is 21.1. The van der Waals surface area contributed by atoms with Gasteiger partial charge in [0.1, 0.15) is 33.5 Å². The Morgan fingerprint density at radius 1 is 0.158 bits per heavy atom. The van der Waals surface area contributed by atoms with Gasteiger partial charge in [-0.1, -0.05) is 364 Å². The predicted octanol–water partition coefficient (Wildman–Crippen LogP) is 36.8. The summed E-state index contributed by atoms with van der Waals surface area (Å²) < 4.78 is 19.1. The highest BCUT2D eigenvalue weighted by Gasteiger charge is 2.26. The number of para-hydroxylation sites is 7. The van der Waals surface area contributed by atoms with Crippen LogP contribution in [0.1, 0.15) is 5.56 Å². The van der Waals surface area contributed by atoms with Gasteiger partial charge in [-0.2, -0.15) is 0 Å². The van der Waals surface area contributed by atoms with Crippen LogP contribution >= 0.6 is 0 Å². The van der Waals surface area contributed by atoms with Crippen molar-refractivity contribution in [2.75, 3.05) is 14.7 Å². The Kier molecular flexibility index (Phi) is 18.1. The average molecular weight is 1700 g/mol. The van der Waals surface area contributed by atoms with E-state index in [4.69, 9.17) is 13.3 Å². The number of nitrogens with zero attached hydrogens (tertiary/aromatic N) is 3. The Morgan fingerprint density at radius 3 is 0.752 bits per heavy atom. The van der Waals surface area contributed by atoms with Gasteiger partial charge in [0.25, 0.3) is 0 Å². The van der Waals surface area contributed by atoms with Crippen LogP contribution in [-0.2, 0) is 0 Å². The van der Waals surface area contributed by atoms with Crippen molar-refractivity contribution in [2.45, 2.75) is 6.92 Å². The molecule has 0 amide bonds. The van der Waals surface area contributed by atoms with Crippen molar-refractivity contribution in [1.29, 1.82) is 0 Å². The summed E-state index contributed by atoms with van der Waals surface area (Å²) >= 11 is 0. The molecule has 0 saturated heterocycles. The van der Waals surface area contributed by atoms with Crippen molar-refractivity contribution < 1.29 is 13.3 Å². The quantitative estimate of drug-likeness (QED) is 0.107. The lowest BCUT2D eigenvalue weighted by atomic mass is 9.93. The maximum atomic E-state index is 6.40. The standard InChI is InChI=1S/C46H29NO.C41H27NO.C40H25NO/c1-2-8-30(9-3-1)31-18-24-36(25-19-31)47(42-29-23-35-17-16-33-10-6-11-34-22-28-41(42)45(35)44(33)34)37-26-20-32(21-27-37)38-13-7-14-40-39-12-4-5-15-43(39)48-46(38)40;1-26-7-4-10-32(25-26)42(37-24-20-30-16-15-28-8-5-9-29-19-23-36(37)40(30)39(28)29)31-21-17-27(18-22-31)33-12-6-13-35-34-11-2-3-14-38(34)43-41(33)35;1-2-10-30(11-3-1)41(36-25-21-29-17-16-27-8-6-9-28-20-24-35(36)39(29)38(27)28)31-22-18-26(19-23-31)32-13-7-14-34-33-12-4-5-15-37(33)42-40(32)34/h1-29H;2-25H,1H3;1-25H. The van der Waals surface area contributed by atoms with E-state index in [1.54, 1.807) is 0 Å². The van der Waals surface area contributed by atoms with Crippen molar-refractivity contribution in [1.82, 2.24) is 0 Å². The summed E-state index contributed by atoms with van der Waals surface area (Å²) in [5.74, 6) is 0. The molecule has 28 rings (SSSR count). The molecule has 0 radical (unpaired) electrons. The summed E-state index contributed by atoms with van der Waals surface area (Å²) in [5, 5.41) is 30.0. The van der Waals surface area contributed by atoms with Gasteiger partial charge in [-0.15, -0.1) is 0 Å². The first-order valence-electron chi connectivity index (χ1n) is 45.6.